The minimum absolute atomic E-state index is 0.00712. The zero-order valence-corrected chi connectivity index (χ0v) is 11.5. The molecule has 18 heavy (non-hydrogen) atoms. The maximum absolute atomic E-state index is 11.8. The van der Waals surface area contributed by atoms with Crippen molar-refractivity contribution in [1.82, 2.24) is 9.80 Å². The largest absolute Gasteiger partial charge is 0.480 e. The molecule has 0 spiro atoms. The zero-order valence-electron chi connectivity index (χ0n) is 11.5. The Labute approximate surface area is 107 Å². The van der Waals surface area contributed by atoms with E-state index in [0.717, 1.165) is 6.42 Å². The molecule has 0 aromatic carbocycles. The van der Waals surface area contributed by atoms with E-state index >= 15 is 0 Å². The molecule has 0 bridgehead atoms. The van der Waals surface area contributed by atoms with Gasteiger partial charge in [0.1, 0.15) is 5.60 Å². The van der Waals surface area contributed by atoms with Gasteiger partial charge >= 0.3 is 12.1 Å². The Morgan fingerprint density at radius 2 is 2.06 bits per heavy atom. The number of nitrogens with zero attached hydrogens (tertiary/aromatic N) is 2. The molecular weight excluding hydrogens is 236 g/mol. The summed E-state index contributed by atoms with van der Waals surface area (Å²) in [5.41, 5.74) is -0.498. The van der Waals surface area contributed by atoms with Crippen LogP contribution in [0.2, 0.25) is 0 Å². The molecule has 1 heterocycles. The van der Waals surface area contributed by atoms with Crippen LogP contribution < -0.4 is 0 Å². The van der Waals surface area contributed by atoms with E-state index in [1.807, 2.05) is 20.8 Å². The van der Waals surface area contributed by atoms with Crippen LogP contribution in [0.25, 0.3) is 0 Å². The molecular formula is C12H22N2O4. The molecule has 0 radical (unpaired) electrons. The number of carbonyl (C=O) groups is 2. The number of hydrogen-bond acceptors (Lipinski definition) is 4. The second kappa shape index (κ2) is 5.56. The highest BCUT2D eigenvalue weighted by atomic mass is 16.6. The van der Waals surface area contributed by atoms with Crippen LogP contribution >= 0.6 is 0 Å². The summed E-state index contributed by atoms with van der Waals surface area (Å²) in [6.45, 7) is 6.62. The molecule has 6 heteroatoms. The molecule has 104 valence electrons. The smallest absolute Gasteiger partial charge is 0.410 e. The van der Waals surface area contributed by atoms with Gasteiger partial charge in [-0.25, -0.2) is 4.79 Å². The van der Waals surface area contributed by atoms with Gasteiger partial charge in [-0.05, 0) is 34.2 Å². The maximum atomic E-state index is 11.8. The van der Waals surface area contributed by atoms with Gasteiger partial charge < -0.3 is 14.7 Å². The number of ether oxygens (including phenoxy) is 1. The van der Waals surface area contributed by atoms with Gasteiger partial charge in [-0.15, -0.1) is 0 Å². The van der Waals surface area contributed by atoms with Crippen LogP contribution in [0.4, 0.5) is 4.79 Å². The molecule has 1 N–H and O–H groups in total. The molecule has 0 aliphatic carbocycles. The average Bonchev–Trinajstić information content (AvgIpc) is 2.61. The molecule has 1 saturated heterocycles. The van der Waals surface area contributed by atoms with Crippen molar-refractivity contribution in [2.75, 3.05) is 26.7 Å². The second-order valence-electron chi connectivity index (χ2n) is 5.68. The van der Waals surface area contributed by atoms with Gasteiger partial charge in [0.25, 0.3) is 0 Å². The minimum atomic E-state index is -0.854. The fourth-order valence-electron chi connectivity index (χ4n) is 1.94. The third kappa shape index (κ3) is 4.52. The van der Waals surface area contributed by atoms with Crippen molar-refractivity contribution >= 4 is 12.1 Å². The summed E-state index contributed by atoms with van der Waals surface area (Å²) in [6, 6.07) is 0.0913. The SMILES string of the molecule is CN(CC(=O)O)[C@H]1CCN(C(=O)OC(C)(C)C)C1. The second-order valence-corrected chi connectivity index (χ2v) is 5.68. The fourth-order valence-corrected chi connectivity index (χ4v) is 1.94. The summed E-state index contributed by atoms with van der Waals surface area (Å²) in [6.07, 6.45) is 0.456. The van der Waals surface area contributed by atoms with Crippen molar-refractivity contribution in [2.24, 2.45) is 0 Å². The summed E-state index contributed by atoms with van der Waals surface area (Å²) < 4.78 is 5.28. The number of rotatable bonds is 3. The molecule has 1 rings (SSSR count). The van der Waals surface area contributed by atoms with Crippen molar-refractivity contribution < 1.29 is 19.4 Å². The monoisotopic (exact) mass is 258 g/mol. The highest BCUT2D eigenvalue weighted by Gasteiger charge is 2.32. The van der Waals surface area contributed by atoms with E-state index in [1.165, 1.54) is 0 Å². The Bertz CT molecular complexity index is 325. The lowest BCUT2D eigenvalue weighted by Gasteiger charge is -2.25. The normalized spacial score (nSPS) is 20.3. The van der Waals surface area contributed by atoms with Crippen LogP contribution in [0, 0.1) is 0 Å². The molecule has 0 saturated carbocycles. The number of carbonyl (C=O) groups excluding carboxylic acids is 1. The van der Waals surface area contributed by atoms with E-state index in [2.05, 4.69) is 0 Å². The molecule has 1 aliphatic heterocycles. The standard InChI is InChI=1S/C12H22N2O4/c1-12(2,3)18-11(17)14-6-5-9(7-14)13(4)8-10(15)16/h9H,5-8H2,1-4H3,(H,15,16)/t9-/m0/s1. The average molecular weight is 258 g/mol. The number of carboxylic acid groups (broad SMARTS) is 1. The van der Waals surface area contributed by atoms with Crippen molar-refractivity contribution in [3.05, 3.63) is 0 Å². The molecule has 0 aromatic rings. The highest BCUT2D eigenvalue weighted by molar-refractivity contribution is 5.69. The van der Waals surface area contributed by atoms with Crippen LogP contribution in [-0.4, -0.2) is 65.3 Å². The number of aliphatic carboxylic acids is 1. The molecule has 1 aliphatic rings. The van der Waals surface area contributed by atoms with Crippen molar-refractivity contribution in [2.45, 2.75) is 38.8 Å². The van der Waals surface area contributed by atoms with E-state index in [9.17, 15) is 9.59 Å². The van der Waals surface area contributed by atoms with Gasteiger partial charge in [-0.1, -0.05) is 0 Å². The molecule has 1 atom stereocenters. The Kier molecular flexibility index (Phi) is 4.56. The maximum Gasteiger partial charge on any atom is 0.410 e. The number of amides is 1. The van der Waals surface area contributed by atoms with Crippen molar-refractivity contribution in [3.63, 3.8) is 0 Å². The van der Waals surface area contributed by atoms with Crippen LogP contribution in [0.1, 0.15) is 27.2 Å². The van der Waals surface area contributed by atoms with Crippen molar-refractivity contribution in [3.8, 4) is 0 Å². The topological polar surface area (TPSA) is 70.1 Å². The van der Waals surface area contributed by atoms with Crippen molar-refractivity contribution in [1.29, 1.82) is 0 Å². The summed E-state index contributed by atoms with van der Waals surface area (Å²) in [5, 5.41) is 8.73. The first-order valence-electron chi connectivity index (χ1n) is 6.09. The third-order valence-corrected chi connectivity index (χ3v) is 2.82. The van der Waals surface area contributed by atoms with Crippen LogP contribution in [0.3, 0.4) is 0 Å². The molecule has 0 unspecified atom stereocenters. The van der Waals surface area contributed by atoms with Crippen LogP contribution in [0.15, 0.2) is 0 Å². The lowest BCUT2D eigenvalue weighted by Crippen LogP contribution is -2.40. The van der Waals surface area contributed by atoms with Gasteiger partial charge in [0, 0.05) is 19.1 Å². The Balaban J connectivity index is 2.46. The first-order valence-corrected chi connectivity index (χ1v) is 6.09. The molecule has 6 nitrogen and oxygen atoms in total. The Morgan fingerprint density at radius 3 is 2.56 bits per heavy atom. The quantitative estimate of drug-likeness (QED) is 0.818. The van der Waals surface area contributed by atoms with E-state index in [-0.39, 0.29) is 18.7 Å². The number of likely N-dealkylation sites (tertiary alicyclic amines) is 1. The Hall–Kier alpha value is -1.30. The minimum Gasteiger partial charge on any atom is -0.480 e. The van der Waals surface area contributed by atoms with E-state index in [4.69, 9.17) is 9.84 Å². The van der Waals surface area contributed by atoms with Gasteiger partial charge in [0.05, 0.1) is 6.54 Å². The van der Waals surface area contributed by atoms with Gasteiger partial charge in [0.15, 0.2) is 0 Å². The number of hydrogen-bond donors (Lipinski definition) is 1. The first-order chi connectivity index (χ1) is 8.19. The van der Waals surface area contributed by atoms with E-state index < -0.39 is 11.6 Å². The summed E-state index contributed by atoms with van der Waals surface area (Å²) in [4.78, 5) is 25.8. The van der Waals surface area contributed by atoms with E-state index in [0.29, 0.717) is 13.1 Å². The predicted molar refractivity (Wildman–Crippen MR) is 66.5 cm³/mol. The van der Waals surface area contributed by atoms with Gasteiger partial charge in [-0.3, -0.25) is 9.69 Å². The summed E-state index contributed by atoms with van der Waals surface area (Å²) >= 11 is 0. The van der Waals surface area contributed by atoms with Gasteiger partial charge in [0.2, 0.25) is 0 Å². The number of carboxylic acids is 1. The lowest BCUT2D eigenvalue weighted by atomic mass is 10.2. The predicted octanol–water partition coefficient (Wildman–Crippen LogP) is 1.01. The molecule has 0 aromatic heterocycles. The van der Waals surface area contributed by atoms with Crippen LogP contribution in [0.5, 0.6) is 0 Å². The first kappa shape index (κ1) is 14.8. The van der Waals surface area contributed by atoms with Crippen LogP contribution in [-0.2, 0) is 9.53 Å². The van der Waals surface area contributed by atoms with Gasteiger partial charge in [-0.2, -0.15) is 0 Å². The lowest BCUT2D eigenvalue weighted by molar-refractivity contribution is -0.138. The molecule has 1 fully saturated rings. The zero-order chi connectivity index (χ0) is 13.9. The number of likely N-dealkylation sites (N-methyl/N-ethyl adjacent to an activating group) is 1. The third-order valence-electron chi connectivity index (χ3n) is 2.82. The highest BCUT2D eigenvalue weighted by Crippen LogP contribution is 2.17. The van der Waals surface area contributed by atoms with E-state index in [1.54, 1.807) is 16.8 Å². The summed E-state index contributed by atoms with van der Waals surface area (Å²) in [7, 11) is 1.76. The summed E-state index contributed by atoms with van der Waals surface area (Å²) in [5.74, 6) is -0.854. The Morgan fingerprint density at radius 1 is 1.44 bits per heavy atom. The fraction of sp³-hybridized carbons (Fsp3) is 0.833. The molecule has 1 amide bonds.